The maximum Gasteiger partial charge on any atom is 0.433 e. The van der Waals surface area contributed by atoms with Crippen molar-refractivity contribution in [2.75, 3.05) is 31.2 Å². The molecular formula is C9H14N6O5. The number of aromatic nitrogens is 2. The van der Waals surface area contributed by atoms with Crippen molar-refractivity contribution in [3.05, 3.63) is 15.3 Å². The number of morpholine rings is 1. The third-order valence-corrected chi connectivity index (χ3v) is 2.87. The highest BCUT2D eigenvalue weighted by molar-refractivity contribution is 5.55. The van der Waals surface area contributed by atoms with Crippen LogP contribution in [0.1, 0.15) is 13.8 Å². The Bertz CT molecular complexity index is 521. The van der Waals surface area contributed by atoms with Gasteiger partial charge in [0, 0.05) is 18.2 Å². The monoisotopic (exact) mass is 286 g/mol. The summed E-state index contributed by atoms with van der Waals surface area (Å²) < 4.78 is 9.75. The average molecular weight is 286 g/mol. The number of nitro groups is 1. The van der Waals surface area contributed by atoms with Crippen LogP contribution < -0.4 is 4.90 Å². The van der Waals surface area contributed by atoms with E-state index in [0.717, 1.165) is 13.8 Å². The van der Waals surface area contributed by atoms with Gasteiger partial charge < -0.3 is 14.8 Å². The lowest BCUT2D eigenvalue weighted by Gasteiger charge is -2.25. The number of anilines is 1. The molecule has 0 atom stereocenters. The summed E-state index contributed by atoms with van der Waals surface area (Å²) in [6.07, 6.45) is 0. The molecule has 0 radical (unpaired) electrons. The van der Waals surface area contributed by atoms with E-state index >= 15 is 0 Å². The Kier molecular flexibility index (Phi) is 3.79. The van der Waals surface area contributed by atoms with Crippen molar-refractivity contribution in [3.8, 4) is 0 Å². The van der Waals surface area contributed by atoms with Crippen molar-refractivity contribution in [1.29, 1.82) is 0 Å². The highest BCUT2D eigenvalue weighted by Crippen LogP contribution is 2.26. The average Bonchev–Trinajstić information content (AvgIpc) is 2.87. The molecule has 1 aliphatic rings. The predicted octanol–water partition coefficient (Wildman–Crippen LogP) is 0.513. The first-order valence-corrected chi connectivity index (χ1v) is 5.91. The van der Waals surface area contributed by atoms with Crippen LogP contribution in [0, 0.1) is 15.3 Å². The van der Waals surface area contributed by atoms with Gasteiger partial charge in [0.2, 0.25) is 5.82 Å². The summed E-state index contributed by atoms with van der Waals surface area (Å²) in [7, 11) is 0. The lowest BCUT2D eigenvalue weighted by molar-refractivity contribution is -0.804. The van der Waals surface area contributed by atoms with Gasteiger partial charge in [-0.3, -0.25) is 10.1 Å². The third-order valence-electron chi connectivity index (χ3n) is 2.87. The molecule has 0 saturated carbocycles. The minimum atomic E-state index is -1.90. The Hall–Kier alpha value is -2.30. The molecule has 1 saturated heterocycles. The second-order valence-corrected chi connectivity index (χ2v) is 4.64. The van der Waals surface area contributed by atoms with E-state index < -0.39 is 10.6 Å². The maximum atomic E-state index is 11.8. The molecule has 2 heterocycles. The van der Waals surface area contributed by atoms with Gasteiger partial charge in [0.1, 0.15) is 0 Å². The van der Waals surface area contributed by atoms with E-state index in [1.54, 1.807) is 4.90 Å². The number of hydrogen-bond acceptors (Lipinski definition) is 9. The Morgan fingerprint density at radius 3 is 2.55 bits per heavy atom. The molecule has 2 rings (SSSR count). The second-order valence-electron chi connectivity index (χ2n) is 4.64. The Morgan fingerprint density at radius 1 is 1.30 bits per heavy atom. The van der Waals surface area contributed by atoms with Crippen molar-refractivity contribution in [2.24, 2.45) is 5.11 Å². The van der Waals surface area contributed by atoms with E-state index in [9.17, 15) is 15.3 Å². The molecule has 0 N–H and O–H groups in total. The molecule has 1 fully saturated rings. The first-order chi connectivity index (χ1) is 9.43. The second kappa shape index (κ2) is 5.36. The molecule has 0 unspecified atom stereocenters. The zero-order valence-corrected chi connectivity index (χ0v) is 11.1. The van der Waals surface area contributed by atoms with Gasteiger partial charge in [0.05, 0.1) is 32.0 Å². The van der Waals surface area contributed by atoms with Crippen molar-refractivity contribution >= 4 is 11.6 Å². The molecule has 1 aromatic rings. The molecule has 0 amide bonds. The molecule has 11 heteroatoms. The predicted molar refractivity (Wildman–Crippen MR) is 64.1 cm³/mol. The third kappa shape index (κ3) is 2.66. The Balaban J connectivity index is 2.26. The van der Waals surface area contributed by atoms with Crippen LogP contribution >= 0.6 is 0 Å². The normalized spacial score (nSPS) is 17.3. The summed E-state index contributed by atoms with van der Waals surface area (Å²) in [4.78, 5) is 11.8. The van der Waals surface area contributed by atoms with E-state index in [1.165, 1.54) is 0 Å². The number of hydroxylamine groups is 1. The van der Waals surface area contributed by atoms with Gasteiger partial charge in [0.25, 0.3) is 0 Å². The van der Waals surface area contributed by atoms with Crippen LogP contribution in [0.25, 0.3) is 0 Å². The fraction of sp³-hybridized carbons (Fsp3) is 0.778. The van der Waals surface area contributed by atoms with Gasteiger partial charge in [-0.1, -0.05) is 0 Å². The van der Waals surface area contributed by atoms with Crippen molar-refractivity contribution in [1.82, 2.24) is 10.3 Å². The van der Waals surface area contributed by atoms with Crippen molar-refractivity contribution in [3.63, 3.8) is 0 Å². The molecule has 0 aromatic carbocycles. The first-order valence-electron chi connectivity index (χ1n) is 5.91. The standard InChI is InChI=1S/C9H14N6O5/c1-9(2,15(17)18)14(16)10-7-8(12-20-11-7)13-3-5-19-6-4-13/h3-6H2,1-2H3. The SMILES string of the molecule is CC(C)([N+](=O)[O-])[N+]([O-])=Nc1nonc1N1CCOCC1. The van der Waals surface area contributed by atoms with Crippen LogP contribution in [-0.2, 0) is 4.74 Å². The van der Waals surface area contributed by atoms with Crippen LogP contribution in [0.3, 0.4) is 0 Å². The molecule has 0 spiro atoms. The quantitative estimate of drug-likeness (QED) is 0.257. The minimum absolute atomic E-state index is 0.0174. The Labute approximate surface area is 113 Å². The minimum Gasteiger partial charge on any atom is -0.594 e. The van der Waals surface area contributed by atoms with Gasteiger partial charge in [-0.25, -0.2) is 4.63 Å². The zero-order chi connectivity index (χ0) is 14.8. The van der Waals surface area contributed by atoms with Crippen LogP contribution in [-0.4, -0.2) is 52.1 Å². The smallest absolute Gasteiger partial charge is 0.433 e. The van der Waals surface area contributed by atoms with Gasteiger partial charge in [0.15, 0.2) is 0 Å². The highest BCUT2D eigenvalue weighted by Gasteiger charge is 2.42. The Morgan fingerprint density at radius 2 is 1.95 bits per heavy atom. The van der Waals surface area contributed by atoms with Gasteiger partial charge >= 0.3 is 11.5 Å². The van der Waals surface area contributed by atoms with E-state index in [4.69, 9.17) is 4.74 Å². The number of ether oxygens (including phenoxy) is 1. The van der Waals surface area contributed by atoms with Crippen LogP contribution in [0.2, 0.25) is 0 Å². The van der Waals surface area contributed by atoms with E-state index in [1.807, 2.05) is 0 Å². The fourth-order valence-electron chi connectivity index (χ4n) is 1.49. The largest absolute Gasteiger partial charge is 0.594 e. The number of hydrogen-bond donors (Lipinski definition) is 0. The molecule has 0 aliphatic carbocycles. The summed E-state index contributed by atoms with van der Waals surface area (Å²) >= 11 is 0. The maximum absolute atomic E-state index is 11.8. The lowest BCUT2D eigenvalue weighted by atomic mass is 10.3. The topological polar surface area (TPSA) is 133 Å². The number of rotatable bonds is 4. The molecule has 1 aliphatic heterocycles. The molecule has 11 nitrogen and oxygen atoms in total. The van der Waals surface area contributed by atoms with Gasteiger partial charge in [-0.15, -0.1) is 0 Å². The van der Waals surface area contributed by atoms with E-state index in [2.05, 4.69) is 20.1 Å². The summed E-state index contributed by atoms with van der Waals surface area (Å²) in [5.41, 5.74) is -1.90. The first kappa shape index (κ1) is 14.1. The zero-order valence-electron chi connectivity index (χ0n) is 11.1. The summed E-state index contributed by atoms with van der Waals surface area (Å²) in [6, 6.07) is 0. The van der Waals surface area contributed by atoms with E-state index in [-0.39, 0.29) is 16.5 Å². The lowest BCUT2D eigenvalue weighted by Crippen LogP contribution is -2.40. The van der Waals surface area contributed by atoms with Gasteiger partial charge in [-0.05, 0) is 15.2 Å². The van der Waals surface area contributed by atoms with Crippen LogP contribution in [0.15, 0.2) is 9.74 Å². The number of nitrogens with zero attached hydrogens (tertiary/aromatic N) is 6. The number of azo groups is 1. The molecule has 110 valence electrons. The summed E-state index contributed by atoms with van der Waals surface area (Å²) in [6.45, 7) is 4.40. The van der Waals surface area contributed by atoms with Gasteiger partial charge in [-0.2, -0.15) is 0 Å². The summed E-state index contributed by atoms with van der Waals surface area (Å²) in [5, 5.41) is 33.3. The van der Waals surface area contributed by atoms with Crippen LogP contribution in [0.5, 0.6) is 0 Å². The molecular weight excluding hydrogens is 272 g/mol. The fourth-order valence-corrected chi connectivity index (χ4v) is 1.49. The molecule has 1 aromatic heterocycles. The van der Waals surface area contributed by atoms with Crippen molar-refractivity contribution < 1.29 is 19.1 Å². The van der Waals surface area contributed by atoms with Crippen molar-refractivity contribution in [2.45, 2.75) is 19.5 Å². The molecule has 20 heavy (non-hydrogen) atoms. The molecule has 0 bridgehead atoms. The van der Waals surface area contributed by atoms with Crippen LogP contribution in [0.4, 0.5) is 11.6 Å². The highest BCUT2D eigenvalue weighted by atomic mass is 16.7. The summed E-state index contributed by atoms with van der Waals surface area (Å²) in [5.74, 6) is 0.185. The van der Waals surface area contributed by atoms with E-state index in [0.29, 0.717) is 26.3 Å².